The van der Waals surface area contributed by atoms with E-state index in [0.29, 0.717) is 23.2 Å². The van der Waals surface area contributed by atoms with E-state index in [-0.39, 0.29) is 11.7 Å². The van der Waals surface area contributed by atoms with E-state index in [1.165, 1.54) is 0 Å². The number of imidazole rings is 1. The number of carbonyl (C=O) groups is 2. The maximum Gasteiger partial charge on any atom is 0.252 e. The number of aromatic amines is 1. The number of rotatable bonds is 5. The van der Waals surface area contributed by atoms with Crippen molar-refractivity contribution in [2.45, 2.75) is 6.54 Å². The van der Waals surface area contributed by atoms with E-state index in [0.717, 1.165) is 16.6 Å². The number of H-pyrrole nitrogens is 1. The first-order valence-corrected chi connectivity index (χ1v) is 8.61. The van der Waals surface area contributed by atoms with E-state index in [9.17, 15) is 9.59 Å². The second-order valence-electron chi connectivity index (χ2n) is 6.18. The van der Waals surface area contributed by atoms with Gasteiger partial charge in [-0.1, -0.05) is 54.6 Å². The Balaban J connectivity index is 1.54. The number of hydrogen-bond donors (Lipinski definition) is 2. The zero-order chi connectivity index (χ0) is 18.6. The van der Waals surface area contributed by atoms with Crippen LogP contribution in [0.5, 0.6) is 0 Å². The summed E-state index contributed by atoms with van der Waals surface area (Å²) in [5.41, 5.74) is 4.07. The molecule has 0 atom stereocenters. The highest BCUT2D eigenvalue weighted by molar-refractivity contribution is 6.15. The molecule has 4 aromatic rings. The molecule has 0 unspecified atom stereocenters. The largest absolute Gasteiger partial charge is 0.348 e. The SMILES string of the molecule is O=C(NCc1ccc2nc[nH]c2c1)c1ccccc1C(=O)c1ccccc1. The van der Waals surface area contributed by atoms with Gasteiger partial charge in [0.25, 0.3) is 5.91 Å². The molecular weight excluding hydrogens is 338 g/mol. The Morgan fingerprint density at radius 3 is 2.44 bits per heavy atom. The van der Waals surface area contributed by atoms with E-state index in [4.69, 9.17) is 0 Å². The van der Waals surface area contributed by atoms with Crippen molar-refractivity contribution >= 4 is 22.7 Å². The summed E-state index contributed by atoms with van der Waals surface area (Å²) in [7, 11) is 0. The van der Waals surface area contributed by atoms with Crippen molar-refractivity contribution in [3.05, 3.63) is 101 Å². The van der Waals surface area contributed by atoms with Crippen LogP contribution in [0, 0.1) is 0 Å². The Kier molecular flexibility index (Phi) is 4.49. The van der Waals surface area contributed by atoms with Gasteiger partial charge in [-0.2, -0.15) is 0 Å². The Bertz CT molecular complexity index is 1120. The molecule has 0 fully saturated rings. The van der Waals surface area contributed by atoms with Crippen LogP contribution in [0.4, 0.5) is 0 Å². The van der Waals surface area contributed by atoms with Gasteiger partial charge in [0.15, 0.2) is 5.78 Å². The molecule has 1 heterocycles. The van der Waals surface area contributed by atoms with Crippen molar-refractivity contribution < 1.29 is 9.59 Å². The van der Waals surface area contributed by atoms with E-state index < -0.39 is 0 Å². The monoisotopic (exact) mass is 355 g/mol. The molecule has 4 rings (SSSR count). The molecule has 1 aromatic heterocycles. The third kappa shape index (κ3) is 3.48. The highest BCUT2D eigenvalue weighted by Gasteiger charge is 2.17. The quantitative estimate of drug-likeness (QED) is 0.536. The van der Waals surface area contributed by atoms with Crippen LogP contribution < -0.4 is 5.32 Å². The van der Waals surface area contributed by atoms with Crippen LogP contribution in [0.2, 0.25) is 0 Å². The molecule has 132 valence electrons. The van der Waals surface area contributed by atoms with E-state index in [2.05, 4.69) is 15.3 Å². The Hall–Kier alpha value is -3.73. The number of amides is 1. The molecule has 3 aromatic carbocycles. The Morgan fingerprint density at radius 2 is 1.63 bits per heavy atom. The standard InChI is InChI=1S/C22H17N3O2/c26-21(16-6-2-1-3-7-16)17-8-4-5-9-18(17)22(27)23-13-15-10-11-19-20(12-15)25-14-24-19/h1-12,14H,13H2,(H,23,27)(H,24,25). The van der Waals surface area contributed by atoms with Crippen molar-refractivity contribution in [1.29, 1.82) is 0 Å². The smallest absolute Gasteiger partial charge is 0.252 e. The predicted molar refractivity (Wildman–Crippen MR) is 104 cm³/mol. The Labute approximate surface area is 156 Å². The topological polar surface area (TPSA) is 74.8 Å². The summed E-state index contributed by atoms with van der Waals surface area (Å²) in [6.45, 7) is 0.363. The fraction of sp³-hybridized carbons (Fsp3) is 0.0455. The molecule has 0 aliphatic rings. The molecule has 27 heavy (non-hydrogen) atoms. The number of ketones is 1. The predicted octanol–water partition coefficient (Wildman–Crippen LogP) is 3.72. The third-order valence-corrected chi connectivity index (χ3v) is 4.39. The molecule has 0 bridgehead atoms. The molecule has 2 N–H and O–H groups in total. The summed E-state index contributed by atoms with van der Waals surface area (Å²) in [6.07, 6.45) is 1.64. The van der Waals surface area contributed by atoms with E-state index in [1.807, 2.05) is 36.4 Å². The fourth-order valence-electron chi connectivity index (χ4n) is 2.99. The molecule has 0 aliphatic carbocycles. The van der Waals surface area contributed by atoms with E-state index in [1.54, 1.807) is 42.7 Å². The summed E-state index contributed by atoms with van der Waals surface area (Å²) >= 11 is 0. The average Bonchev–Trinajstić information content (AvgIpc) is 3.20. The molecule has 0 saturated heterocycles. The molecule has 0 spiro atoms. The van der Waals surface area contributed by atoms with Crippen LogP contribution in [-0.2, 0) is 6.54 Å². The maximum atomic E-state index is 12.8. The van der Waals surface area contributed by atoms with Gasteiger partial charge in [-0.05, 0) is 23.8 Å². The van der Waals surface area contributed by atoms with E-state index >= 15 is 0 Å². The van der Waals surface area contributed by atoms with Crippen LogP contribution in [0.1, 0.15) is 31.8 Å². The second-order valence-corrected chi connectivity index (χ2v) is 6.18. The van der Waals surface area contributed by atoms with Gasteiger partial charge < -0.3 is 10.3 Å². The van der Waals surface area contributed by atoms with Gasteiger partial charge in [-0.25, -0.2) is 4.98 Å². The average molecular weight is 355 g/mol. The van der Waals surface area contributed by atoms with Crippen molar-refractivity contribution in [1.82, 2.24) is 15.3 Å². The maximum absolute atomic E-state index is 12.8. The van der Waals surface area contributed by atoms with Crippen LogP contribution >= 0.6 is 0 Å². The minimum atomic E-state index is -0.278. The first-order valence-electron chi connectivity index (χ1n) is 8.61. The van der Waals surface area contributed by atoms with Crippen LogP contribution in [0.3, 0.4) is 0 Å². The van der Waals surface area contributed by atoms with Gasteiger partial charge in [0.05, 0.1) is 22.9 Å². The molecule has 5 nitrogen and oxygen atoms in total. The van der Waals surface area contributed by atoms with Crippen LogP contribution in [0.15, 0.2) is 79.1 Å². The summed E-state index contributed by atoms with van der Waals surface area (Å²) in [4.78, 5) is 32.7. The lowest BCUT2D eigenvalue weighted by molar-refractivity contribution is 0.0939. The van der Waals surface area contributed by atoms with Crippen LogP contribution in [0.25, 0.3) is 11.0 Å². The van der Waals surface area contributed by atoms with Gasteiger partial charge in [-0.3, -0.25) is 9.59 Å². The Morgan fingerprint density at radius 1 is 0.889 bits per heavy atom. The highest BCUT2D eigenvalue weighted by atomic mass is 16.2. The molecule has 0 saturated carbocycles. The zero-order valence-corrected chi connectivity index (χ0v) is 14.5. The number of nitrogens with zero attached hydrogens (tertiary/aromatic N) is 1. The normalized spacial score (nSPS) is 10.7. The van der Waals surface area contributed by atoms with Crippen molar-refractivity contribution in [3.8, 4) is 0 Å². The minimum absolute atomic E-state index is 0.166. The lowest BCUT2D eigenvalue weighted by atomic mass is 9.98. The summed E-state index contributed by atoms with van der Waals surface area (Å²) in [6, 6.07) is 21.6. The van der Waals surface area contributed by atoms with Crippen molar-refractivity contribution in [2.75, 3.05) is 0 Å². The number of hydrogen-bond acceptors (Lipinski definition) is 3. The highest BCUT2D eigenvalue weighted by Crippen LogP contribution is 2.16. The summed E-state index contributed by atoms with van der Waals surface area (Å²) in [5.74, 6) is -0.445. The van der Waals surface area contributed by atoms with Gasteiger partial charge in [0, 0.05) is 17.7 Å². The number of benzene rings is 3. The molecule has 0 aliphatic heterocycles. The van der Waals surface area contributed by atoms with Crippen LogP contribution in [-0.4, -0.2) is 21.7 Å². The molecule has 5 heteroatoms. The van der Waals surface area contributed by atoms with Crippen molar-refractivity contribution in [2.24, 2.45) is 0 Å². The molecule has 0 radical (unpaired) electrons. The zero-order valence-electron chi connectivity index (χ0n) is 14.5. The van der Waals surface area contributed by atoms with Gasteiger partial charge in [0.2, 0.25) is 0 Å². The summed E-state index contributed by atoms with van der Waals surface area (Å²) in [5, 5.41) is 2.89. The minimum Gasteiger partial charge on any atom is -0.348 e. The lowest BCUT2D eigenvalue weighted by Crippen LogP contribution is -2.25. The number of nitrogens with one attached hydrogen (secondary N) is 2. The fourth-order valence-corrected chi connectivity index (χ4v) is 2.99. The lowest BCUT2D eigenvalue weighted by Gasteiger charge is -2.10. The number of aromatic nitrogens is 2. The molecule has 1 amide bonds. The van der Waals surface area contributed by atoms with Gasteiger partial charge in [0.1, 0.15) is 0 Å². The third-order valence-electron chi connectivity index (χ3n) is 4.39. The van der Waals surface area contributed by atoms with Gasteiger partial charge >= 0.3 is 0 Å². The summed E-state index contributed by atoms with van der Waals surface area (Å²) < 4.78 is 0. The van der Waals surface area contributed by atoms with Gasteiger partial charge in [-0.15, -0.1) is 0 Å². The first kappa shape index (κ1) is 16.7. The number of fused-ring (bicyclic) bond motifs is 1. The van der Waals surface area contributed by atoms with Crippen molar-refractivity contribution in [3.63, 3.8) is 0 Å². The number of carbonyl (C=O) groups excluding carboxylic acids is 2. The second kappa shape index (κ2) is 7.25. The molecular formula is C22H17N3O2. The first-order chi connectivity index (χ1) is 13.2.